The van der Waals surface area contributed by atoms with Crippen LogP contribution in [0.15, 0.2) is 0 Å². The number of ether oxygens (including phenoxy) is 1. The molecule has 0 bridgehead atoms. The molecular formula is C10H21NO6. The molecule has 0 saturated carbocycles. The van der Waals surface area contributed by atoms with Crippen LogP contribution in [-0.2, 0) is 9.53 Å². The smallest absolute Gasteiger partial charge is 0.219 e. The quantitative estimate of drug-likeness (QED) is 0.328. The number of carbonyl (C=O) groups is 1. The second kappa shape index (κ2) is 8.37. The summed E-state index contributed by atoms with van der Waals surface area (Å²) in [7, 11) is 1.24. The third-order valence-electron chi connectivity index (χ3n) is 2.40. The highest BCUT2D eigenvalue weighted by Gasteiger charge is 2.31. The second-order valence-corrected chi connectivity index (χ2v) is 3.67. The summed E-state index contributed by atoms with van der Waals surface area (Å²) in [5.74, 6) is -0.257. The predicted molar refractivity (Wildman–Crippen MR) is 59.2 cm³/mol. The van der Waals surface area contributed by atoms with Crippen LogP contribution in [-0.4, -0.2) is 71.0 Å². The SMILES string of the molecule is CCC(=O)NCC(O)C(O)C(OC)C(O)CO. The first-order valence-corrected chi connectivity index (χ1v) is 5.42. The molecule has 0 aromatic heterocycles. The molecule has 0 radical (unpaired) electrons. The summed E-state index contributed by atoms with van der Waals surface area (Å²) < 4.78 is 4.79. The van der Waals surface area contributed by atoms with Gasteiger partial charge in [0.1, 0.15) is 18.3 Å². The van der Waals surface area contributed by atoms with Gasteiger partial charge in [0, 0.05) is 20.1 Å². The zero-order valence-electron chi connectivity index (χ0n) is 10.0. The summed E-state index contributed by atoms with van der Waals surface area (Å²) in [5.41, 5.74) is 0. The lowest BCUT2D eigenvalue weighted by atomic mass is 10.0. The van der Waals surface area contributed by atoms with Gasteiger partial charge < -0.3 is 30.5 Å². The molecule has 4 atom stereocenters. The van der Waals surface area contributed by atoms with Crippen LogP contribution in [0, 0.1) is 0 Å². The van der Waals surface area contributed by atoms with Gasteiger partial charge in [0.15, 0.2) is 0 Å². The van der Waals surface area contributed by atoms with Crippen molar-refractivity contribution in [1.29, 1.82) is 0 Å². The molecular weight excluding hydrogens is 230 g/mol. The monoisotopic (exact) mass is 251 g/mol. The minimum atomic E-state index is -1.40. The van der Waals surface area contributed by atoms with Crippen molar-refractivity contribution in [3.8, 4) is 0 Å². The average molecular weight is 251 g/mol. The van der Waals surface area contributed by atoms with E-state index in [4.69, 9.17) is 9.84 Å². The second-order valence-electron chi connectivity index (χ2n) is 3.67. The van der Waals surface area contributed by atoms with Gasteiger partial charge in [-0.2, -0.15) is 0 Å². The normalized spacial score (nSPS) is 18.2. The molecule has 7 heteroatoms. The largest absolute Gasteiger partial charge is 0.394 e. The van der Waals surface area contributed by atoms with Crippen LogP contribution in [0.2, 0.25) is 0 Å². The third kappa shape index (κ3) is 5.42. The Morgan fingerprint density at radius 2 is 1.88 bits per heavy atom. The molecule has 0 rings (SSSR count). The Balaban J connectivity index is 4.25. The molecule has 0 aliphatic carbocycles. The number of hydrogen-bond acceptors (Lipinski definition) is 6. The van der Waals surface area contributed by atoms with E-state index >= 15 is 0 Å². The Kier molecular flexibility index (Phi) is 8.01. The fraction of sp³-hybridized carbons (Fsp3) is 0.900. The number of aliphatic hydroxyl groups is 4. The van der Waals surface area contributed by atoms with Crippen molar-refractivity contribution in [2.24, 2.45) is 0 Å². The highest BCUT2D eigenvalue weighted by molar-refractivity contribution is 5.75. The van der Waals surface area contributed by atoms with Gasteiger partial charge in [-0.3, -0.25) is 4.79 Å². The number of amides is 1. The highest BCUT2D eigenvalue weighted by atomic mass is 16.5. The maximum atomic E-state index is 10.9. The fourth-order valence-corrected chi connectivity index (χ4v) is 1.31. The van der Waals surface area contributed by atoms with Crippen molar-refractivity contribution in [2.75, 3.05) is 20.3 Å². The Bertz CT molecular complexity index is 225. The molecule has 17 heavy (non-hydrogen) atoms. The average Bonchev–Trinajstić information content (AvgIpc) is 2.35. The topological polar surface area (TPSA) is 119 Å². The van der Waals surface area contributed by atoms with Crippen molar-refractivity contribution in [3.63, 3.8) is 0 Å². The minimum absolute atomic E-state index is 0.147. The van der Waals surface area contributed by atoms with E-state index in [9.17, 15) is 20.1 Å². The molecule has 7 nitrogen and oxygen atoms in total. The third-order valence-corrected chi connectivity index (χ3v) is 2.40. The van der Waals surface area contributed by atoms with E-state index in [2.05, 4.69) is 5.32 Å². The molecule has 4 unspecified atom stereocenters. The van der Waals surface area contributed by atoms with Gasteiger partial charge in [0.25, 0.3) is 0 Å². The number of aliphatic hydroxyl groups excluding tert-OH is 4. The van der Waals surface area contributed by atoms with Crippen molar-refractivity contribution >= 4 is 5.91 Å². The van der Waals surface area contributed by atoms with E-state index in [-0.39, 0.29) is 18.9 Å². The molecule has 0 spiro atoms. The molecule has 0 aliphatic heterocycles. The summed E-state index contributed by atoms with van der Waals surface area (Å²) in [6.45, 7) is 0.918. The summed E-state index contributed by atoms with van der Waals surface area (Å²) in [6.07, 6.45) is -4.83. The van der Waals surface area contributed by atoms with Crippen molar-refractivity contribution in [3.05, 3.63) is 0 Å². The van der Waals surface area contributed by atoms with E-state index in [0.717, 1.165) is 0 Å². The van der Waals surface area contributed by atoms with Gasteiger partial charge in [0.05, 0.1) is 12.7 Å². The van der Waals surface area contributed by atoms with E-state index in [0.29, 0.717) is 0 Å². The maximum absolute atomic E-state index is 10.9. The number of hydrogen-bond donors (Lipinski definition) is 5. The molecule has 0 aliphatic rings. The van der Waals surface area contributed by atoms with Gasteiger partial charge in [0.2, 0.25) is 5.91 Å². The molecule has 0 aromatic carbocycles. The molecule has 0 heterocycles. The molecule has 0 aromatic rings. The first-order chi connectivity index (χ1) is 7.97. The van der Waals surface area contributed by atoms with E-state index in [1.165, 1.54) is 7.11 Å². The zero-order valence-corrected chi connectivity index (χ0v) is 10.0. The number of rotatable bonds is 8. The Labute approximate surface area is 100 Å². The Hall–Kier alpha value is -0.730. The lowest BCUT2D eigenvalue weighted by molar-refractivity contribution is -0.132. The zero-order chi connectivity index (χ0) is 13.4. The maximum Gasteiger partial charge on any atom is 0.219 e. The van der Waals surface area contributed by atoms with E-state index in [1.54, 1.807) is 6.92 Å². The first-order valence-electron chi connectivity index (χ1n) is 5.42. The molecule has 0 saturated heterocycles. The van der Waals surface area contributed by atoms with Crippen molar-refractivity contribution < 1.29 is 30.0 Å². The Morgan fingerprint density at radius 1 is 1.29 bits per heavy atom. The van der Waals surface area contributed by atoms with E-state index in [1.807, 2.05) is 0 Å². The predicted octanol–water partition coefficient (Wildman–Crippen LogP) is -2.40. The molecule has 1 amide bonds. The summed E-state index contributed by atoms with van der Waals surface area (Å²) in [6, 6.07) is 0. The van der Waals surface area contributed by atoms with Gasteiger partial charge in [-0.15, -0.1) is 0 Å². The van der Waals surface area contributed by atoms with Gasteiger partial charge in [-0.1, -0.05) is 6.92 Å². The molecule has 102 valence electrons. The van der Waals surface area contributed by atoms with Crippen LogP contribution in [0.5, 0.6) is 0 Å². The fourth-order valence-electron chi connectivity index (χ4n) is 1.31. The van der Waals surface area contributed by atoms with E-state index < -0.39 is 31.0 Å². The van der Waals surface area contributed by atoms with Crippen LogP contribution in [0.25, 0.3) is 0 Å². The standard InChI is InChI=1S/C10H21NO6/c1-3-8(15)11-4-6(13)9(16)10(17-2)7(14)5-12/h6-7,9-10,12-14,16H,3-5H2,1-2H3,(H,11,15). The number of methoxy groups -OCH3 is 1. The lowest BCUT2D eigenvalue weighted by Gasteiger charge is -2.28. The highest BCUT2D eigenvalue weighted by Crippen LogP contribution is 2.08. The summed E-state index contributed by atoms with van der Waals surface area (Å²) >= 11 is 0. The van der Waals surface area contributed by atoms with Crippen LogP contribution in [0.1, 0.15) is 13.3 Å². The molecule has 0 fully saturated rings. The van der Waals surface area contributed by atoms with Crippen molar-refractivity contribution in [1.82, 2.24) is 5.32 Å². The van der Waals surface area contributed by atoms with Crippen LogP contribution >= 0.6 is 0 Å². The van der Waals surface area contributed by atoms with Crippen LogP contribution in [0.3, 0.4) is 0 Å². The first kappa shape index (κ1) is 16.3. The summed E-state index contributed by atoms with van der Waals surface area (Å²) in [5, 5.41) is 39.7. The minimum Gasteiger partial charge on any atom is -0.394 e. The number of carbonyl (C=O) groups excluding carboxylic acids is 1. The van der Waals surface area contributed by atoms with Crippen LogP contribution in [0.4, 0.5) is 0 Å². The lowest BCUT2D eigenvalue weighted by Crippen LogP contribution is -2.50. The van der Waals surface area contributed by atoms with Gasteiger partial charge in [-0.25, -0.2) is 0 Å². The number of nitrogens with one attached hydrogen (secondary N) is 1. The molecule has 5 N–H and O–H groups in total. The van der Waals surface area contributed by atoms with Gasteiger partial charge >= 0.3 is 0 Å². The van der Waals surface area contributed by atoms with Crippen LogP contribution < -0.4 is 5.32 Å². The Morgan fingerprint density at radius 3 is 2.29 bits per heavy atom. The summed E-state index contributed by atoms with van der Waals surface area (Å²) in [4.78, 5) is 10.9. The van der Waals surface area contributed by atoms with Gasteiger partial charge in [-0.05, 0) is 0 Å². The van der Waals surface area contributed by atoms with Crippen molar-refractivity contribution in [2.45, 2.75) is 37.8 Å².